The van der Waals surface area contributed by atoms with Gasteiger partial charge in [0.25, 0.3) is 5.91 Å². The van der Waals surface area contributed by atoms with Crippen molar-refractivity contribution in [2.45, 2.75) is 19.0 Å². The monoisotopic (exact) mass is 548 g/mol. The number of hydrogen-bond acceptors (Lipinski definition) is 3. The van der Waals surface area contributed by atoms with E-state index in [1.807, 2.05) is 67.6 Å². The third-order valence-corrected chi connectivity index (χ3v) is 7.35. The molecule has 0 saturated carbocycles. The van der Waals surface area contributed by atoms with Gasteiger partial charge in [0.2, 0.25) is 5.91 Å². The fourth-order valence-electron chi connectivity index (χ4n) is 5.01. The molecule has 38 heavy (non-hydrogen) atoms. The molecule has 3 aromatic rings. The minimum Gasteiger partial charge on any atom is -0.344 e. The van der Waals surface area contributed by atoms with E-state index in [1.54, 1.807) is 18.2 Å². The van der Waals surface area contributed by atoms with Gasteiger partial charge in [0, 0.05) is 16.6 Å². The van der Waals surface area contributed by atoms with E-state index >= 15 is 0 Å². The molecule has 7 nitrogen and oxygen atoms in total. The smallest absolute Gasteiger partial charge is 0.322 e. The summed E-state index contributed by atoms with van der Waals surface area (Å²) < 4.78 is 0. The second kappa shape index (κ2) is 10.9. The van der Waals surface area contributed by atoms with E-state index in [4.69, 9.17) is 23.2 Å². The number of carbonyl (C=O) groups is 3. The van der Waals surface area contributed by atoms with Gasteiger partial charge in [-0.3, -0.25) is 14.5 Å². The number of hydrogen-bond donors (Lipinski definition) is 2. The molecule has 0 bridgehead atoms. The van der Waals surface area contributed by atoms with Crippen molar-refractivity contribution in [3.05, 3.63) is 117 Å². The maximum atomic E-state index is 13.7. The number of amides is 4. The lowest BCUT2D eigenvalue weighted by molar-refractivity contribution is -0.132. The van der Waals surface area contributed by atoms with Crippen molar-refractivity contribution in [3.8, 4) is 0 Å². The van der Waals surface area contributed by atoms with E-state index in [-0.39, 0.29) is 37.0 Å². The van der Waals surface area contributed by atoms with Crippen LogP contribution in [0.4, 0.5) is 4.79 Å². The van der Waals surface area contributed by atoms with Gasteiger partial charge in [0.15, 0.2) is 0 Å². The van der Waals surface area contributed by atoms with Crippen molar-refractivity contribution < 1.29 is 14.4 Å². The van der Waals surface area contributed by atoms with Gasteiger partial charge in [0.05, 0.1) is 29.9 Å². The van der Waals surface area contributed by atoms with Crippen LogP contribution in [0.2, 0.25) is 10.0 Å². The van der Waals surface area contributed by atoms with E-state index in [9.17, 15) is 14.4 Å². The van der Waals surface area contributed by atoms with Crippen LogP contribution in [0, 0.1) is 0 Å². The molecular weight excluding hydrogens is 523 g/mol. The highest BCUT2D eigenvalue weighted by molar-refractivity contribution is 6.35. The van der Waals surface area contributed by atoms with Crippen LogP contribution in [0.3, 0.4) is 0 Å². The third-order valence-electron chi connectivity index (χ3n) is 6.79. The Bertz CT molecular complexity index is 1370. The molecule has 0 fully saturated rings. The lowest BCUT2D eigenvalue weighted by Gasteiger charge is -2.33. The molecule has 0 unspecified atom stereocenters. The summed E-state index contributed by atoms with van der Waals surface area (Å²) in [6.45, 7) is 2.20. The maximum Gasteiger partial charge on any atom is 0.322 e. The van der Waals surface area contributed by atoms with Gasteiger partial charge in [-0.15, -0.1) is 0 Å². The Balaban J connectivity index is 1.40. The van der Waals surface area contributed by atoms with Crippen LogP contribution in [0.5, 0.6) is 0 Å². The Hall–Kier alpha value is -3.81. The van der Waals surface area contributed by atoms with E-state index in [0.29, 0.717) is 33.4 Å². The number of nitrogens with one attached hydrogen (secondary N) is 2. The lowest BCUT2D eigenvalue weighted by Crippen LogP contribution is -2.47. The van der Waals surface area contributed by atoms with Crippen molar-refractivity contribution in [3.63, 3.8) is 0 Å². The molecule has 4 amide bonds. The minimum atomic E-state index is -0.744. The number of rotatable bonds is 7. The molecule has 194 valence electrons. The maximum absolute atomic E-state index is 13.7. The highest BCUT2D eigenvalue weighted by Crippen LogP contribution is 2.39. The van der Waals surface area contributed by atoms with Crippen molar-refractivity contribution >= 4 is 41.0 Å². The average molecular weight is 549 g/mol. The summed E-state index contributed by atoms with van der Waals surface area (Å²) in [7, 11) is 0. The SMILES string of the molecule is CCN1C(=O)N[C@@H](c2ccc(Cl)cc2Cl)C2=C1CN(CC(=O)NC(c1ccccc1)c1ccccc1)C2=O. The van der Waals surface area contributed by atoms with E-state index in [0.717, 1.165) is 11.1 Å². The van der Waals surface area contributed by atoms with Gasteiger partial charge in [0.1, 0.15) is 6.54 Å². The Kier molecular flexibility index (Phi) is 7.40. The first-order valence-corrected chi connectivity index (χ1v) is 13.1. The van der Waals surface area contributed by atoms with Crippen molar-refractivity contribution in [1.82, 2.24) is 20.4 Å². The van der Waals surface area contributed by atoms with Gasteiger partial charge in [-0.05, 0) is 35.7 Å². The predicted molar refractivity (Wildman–Crippen MR) is 147 cm³/mol. The van der Waals surface area contributed by atoms with E-state index in [1.165, 1.54) is 9.80 Å². The molecule has 2 N–H and O–H groups in total. The van der Waals surface area contributed by atoms with E-state index in [2.05, 4.69) is 10.6 Å². The standard InChI is InChI=1S/C29H26Cl2N4O3/c1-2-35-23-16-34(28(37)25(23)27(33-29(35)38)21-14-13-20(30)15-22(21)31)17-24(36)32-26(18-9-5-3-6-10-18)19-11-7-4-8-12-19/h3-15,26-27H,2,16-17H2,1H3,(H,32,36)(H,33,38)/t27-/m0/s1. The van der Waals surface area contributed by atoms with Crippen LogP contribution in [-0.2, 0) is 9.59 Å². The first kappa shape index (κ1) is 25.8. The van der Waals surface area contributed by atoms with Gasteiger partial charge in [-0.1, -0.05) is 89.9 Å². The molecule has 2 aliphatic rings. The van der Waals surface area contributed by atoms with Gasteiger partial charge < -0.3 is 15.5 Å². The zero-order valence-electron chi connectivity index (χ0n) is 20.7. The molecule has 3 aromatic carbocycles. The molecule has 0 aliphatic carbocycles. The average Bonchev–Trinajstić information content (AvgIpc) is 3.23. The zero-order chi connectivity index (χ0) is 26.8. The summed E-state index contributed by atoms with van der Waals surface area (Å²) in [5, 5.41) is 6.78. The number of benzene rings is 3. The predicted octanol–water partition coefficient (Wildman–Crippen LogP) is 5.08. The molecule has 2 aliphatic heterocycles. The van der Waals surface area contributed by atoms with Gasteiger partial charge >= 0.3 is 6.03 Å². The fourth-order valence-corrected chi connectivity index (χ4v) is 5.53. The van der Waals surface area contributed by atoms with Gasteiger partial charge in [-0.25, -0.2) is 4.79 Å². The Labute approximate surface area is 231 Å². The van der Waals surface area contributed by atoms with Crippen LogP contribution in [0.15, 0.2) is 90.1 Å². The summed E-state index contributed by atoms with van der Waals surface area (Å²) in [6.07, 6.45) is 0. The summed E-state index contributed by atoms with van der Waals surface area (Å²) in [5.41, 5.74) is 3.42. The van der Waals surface area contributed by atoms with Crippen LogP contribution in [0.1, 0.15) is 35.7 Å². The number of halogens is 2. The number of nitrogens with zero attached hydrogens (tertiary/aromatic N) is 2. The molecule has 0 aromatic heterocycles. The highest BCUT2D eigenvalue weighted by atomic mass is 35.5. The van der Waals surface area contributed by atoms with Crippen LogP contribution in [-0.4, -0.2) is 47.3 Å². The van der Waals surface area contributed by atoms with Crippen molar-refractivity contribution in [2.75, 3.05) is 19.6 Å². The Morgan fingerprint density at radius 3 is 2.21 bits per heavy atom. The zero-order valence-corrected chi connectivity index (χ0v) is 22.2. The third kappa shape index (κ3) is 4.99. The lowest BCUT2D eigenvalue weighted by atomic mass is 9.95. The van der Waals surface area contributed by atoms with Gasteiger partial charge in [-0.2, -0.15) is 0 Å². The quantitative estimate of drug-likeness (QED) is 0.431. The molecule has 9 heteroatoms. The molecule has 5 rings (SSSR count). The van der Waals surface area contributed by atoms with E-state index < -0.39 is 6.04 Å². The Morgan fingerprint density at radius 1 is 1.00 bits per heavy atom. The molecular formula is C29H26Cl2N4O3. The summed E-state index contributed by atoms with van der Waals surface area (Å²) >= 11 is 12.5. The minimum absolute atomic E-state index is 0.145. The molecule has 0 spiro atoms. The van der Waals surface area contributed by atoms with Crippen molar-refractivity contribution in [1.29, 1.82) is 0 Å². The Morgan fingerprint density at radius 2 is 1.63 bits per heavy atom. The highest BCUT2D eigenvalue weighted by Gasteiger charge is 2.44. The summed E-state index contributed by atoms with van der Waals surface area (Å²) in [6, 6.07) is 22.9. The molecule has 0 saturated heterocycles. The molecule has 2 heterocycles. The van der Waals surface area contributed by atoms with Crippen LogP contribution < -0.4 is 10.6 Å². The largest absolute Gasteiger partial charge is 0.344 e. The van der Waals surface area contributed by atoms with Crippen LogP contribution >= 0.6 is 23.2 Å². The normalized spacial score (nSPS) is 17.1. The second-order valence-corrected chi connectivity index (χ2v) is 9.98. The second-order valence-electron chi connectivity index (χ2n) is 9.14. The summed E-state index contributed by atoms with van der Waals surface area (Å²) in [4.78, 5) is 42.9. The van der Waals surface area contributed by atoms with Crippen molar-refractivity contribution in [2.24, 2.45) is 0 Å². The first-order valence-electron chi connectivity index (χ1n) is 12.3. The fraction of sp³-hybridized carbons (Fsp3) is 0.207. The summed E-state index contributed by atoms with van der Waals surface area (Å²) in [5.74, 6) is -0.625. The van der Waals surface area contributed by atoms with Crippen LogP contribution in [0.25, 0.3) is 0 Å². The number of urea groups is 1. The molecule has 0 radical (unpaired) electrons. The molecule has 1 atom stereocenters. The number of likely N-dealkylation sites (N-methyl/N-ethyl adjacent to an activating group) is 1. The first-order chi connectivity index (χ1) is 18.4. The number of carbonyl (C=O) groups excluding carboxylic acids is 3. The topological polar surface area (TPSA) is 81.8 Å².